The minimum absolute atomic E-state index is 0.0124. The van der Waals surface area contributed by atoms with Crippen LogP contribution in [0.1, 0.15) is 53.5 Å². The number of aryl methyl sites for hydroxylation is 1. The fourth-order valence-electron chi connectivity index (χ4n) is 3.82. The Morgan fingerprint density at radius 3 is 2.35 bits per heavy atom. The van der Waals surface area contributed by atoms with Gasteiger partial charge in [0, 0.05) is 30.7 Å². The first-order valence-electron chi connectivity index (χ1n) is 11.2. The normalized spacial score (nSPS) is 22.5. The predicted octanol–water partition coefficient (Wildman–Crippen LogP) is 4.56. The second-order valence-corrected chi connectivity index (χ2v) is 10.8. The Morgan fingerprint density at radius 1 is 1.06 bits per heavy atom. The molecule has 3 aromatic rings. The number of carbonyl (C=O) groups is 1. The van der Waals surface area contributed by atoms with Gasteiger partial charge in [-0.05, 0) is 23.6 Å². The molecular formula is C25H29N3O4S2. The molecule has 1 amide bonds. The minimum Gasteiger partial charge on any atom is -0.392 e. The number of nitrogens with one attached hydrogen (secondary N) is 1. The molecule has 0 aliphatic carbocycles. The standard InChI is InChI=1S/C25H29N3O4S2/c1-15-22(14-33-25-28-27-17(3)34-25)31-24(21-10-4-18(5-11-21)12-26-16(2)30)32-23(15)20-8-6-19(13-29)7-9-20/h4-11,15,22-24,29H,12-14H2,1-3H3,(H,26,30)/t15-,22+,23+,24+/m0/s1. The highest BCUT2D eigenvalue weighted by Gasteiger charge is 2.38. The van der Waals surface area contributed by atoms with Crippen molar-refractivity contribution in [2.24, 2.45) is 5.92 Å². The number of hydrogen-bond donors (Lipinski definition) is 2. The van der Waals surface area contributed by atoms with Gasteiger partial charge in [-0.3, -0.25) is 4.79 Å². The van der Waals surface area contributed by atoms with Crippen LogP contribution in [0.4, 0.5) is 0 Å². The van der Waals surface area contributed by atoms with Gasteiger partial charge in [-0.25, -0.2) is 0 Å². The molecule has 2 aromatic carbocycles. The number of thioether (sulfide) groups is 1. The highest BCUT2D eigenvalue weighted by Crippen LogP contribution is 2.43. The molecule has 4 rings (SSSR count). The molecule has 1 aliphatic heterocycles. The van der Waals surface area contributed by atoms with E-state index in [4.69, 9.17) is 9.47 Å². The van der Waals surface area contributed by atoms with Crippen molar-refractivity contribution in [3.8, 4) is 0 Å². The summed E-state index contributed by atoms with van der Waals surface area (Å²) in [6, 6.07) is 15.8. The van der Waals surface area contributed by atoms with Gasteiger partial charge in [-0.1, -0.05) is 78.6 Å². The number of hydrogen-bond acceptors (Lipinski definition) is 8. The summed E-state index contributed by atoms with van der Waals surface area (Å²) in [5.41, 5.74) is 3.87. The monoisotopic (exact) mass is 499 g/mol. The van der Waals surface area contributed by atoms with E-state index in [-0.39, 0.29) is 30.6 Å². The Morgan fingerprint density at radius 2 is 1.74 bits per heavy atom. The molecule has 7 nitrogen and oxygen atoms in total. The summed E-state index contributed by atoms with van der Waals surface area (Å²) in [5.74, 6) is 0.788. The van der Waals surface area contributed by atoms with Crippen LogP contribution in [0, 0.1) is 12.8 Å². The maximum atomic E-state index is 11.2. The van der Waals surface area contributed by atoms with E-state index in [2.05, 4.69) is 22.4 Å². The Labute approximate surface area is 207 Å². The molecular weight excluding hydrogens is 470 g/mol. The summed E-state index contributed by atoms with van der Waals surface area (Å²) >= 11 is 3.24. The average molecular weight is 500 g/mol. The molecule has 34 heavy (non-hydrogen) atoms. The van der Waals surface area contributed by atoms with Gasteiger partial charge >= 0.3 is 0 Å². The quantitative estimate of drug-likeness (QED) is 0.439. The lowest BCUT2D eigenvalue weighted by atomic mass is 9.91. The first-order chi connectivity index (χ1) is 16.4. The highest BCUT2D eigenvalue weighted by molar-refractivity contribution is 8.01. The first kappa shape index (κ1) is 24.8. The number of benzene rings is 2. The van der Waals surface area contributed by atoms with Crippen LogP contribution in [0.5, 0.6) is 0 Å². The van der Waals surface area contributed by atoms with Crippen molar-refractivity contribution in [1.82, 2.24) is 15.5 Å². The maximum absolute atomic E-state index is 11.2. The van der Waals surface area contributed by atoms with Crippen LogP contribution in [0.2, 0.25) is 0 Å². The molecule has 4 atom stereocenters. The molecule has 0 radical (unpaired) electrons. The van der Waals surface area contributed by atoms with E-state index < -0.39 is 6.29 Å². The van der Waals surface area contributed by atoms with Gasteiger partial charge in [0.25, 0.3) is 0 Å². The van der Waals surface area contributed by atoms with Gasteiger partial charge in [-0.15, -0.1) is 10.2 Å². The van der Waals surface area contributed by atoms with E-state index >= 15 is 0 Å². The van der Waals surface area contributed by atoms with Crippen molar-refractivity contribution < 1.29 is 19.4 Å². The Bertz CT molecular complexity index is 1090. The second kappa shape index (κ2) is 11.4. The van der Waals surface area contributed by atoms with E-state index in [1.165, 1.54) is 6.92 Å². The maximum Gasteiger partial charge on any atom is 0.217 e. The van der Waals surface area contributed by atoms with Gasteiger partial charge in [0.15, 0.2) is 10.6 Å². The van der Waals surface area contributed by atoms with Gasteiger partial charge < -0.3 is 19.9 Å². The van der Waals surface area contributed by atoms with Crippen LogP contribution in [0.3, 0.4) is 0 Å². The topological polar surface area (TPSA) is 93.6 Å². The number of nitrogens with zero attached hydrogens (tertiary/aromatic N) is 2. The fraction of sp³-hybridized carbons (Fsp3) is 0.400. The van der Waals surface area contributed by atoms with Crippen molar-refractivity contribution in [3.63, 3.8) is 0 Å². The van der Waals surface area contributed by atoms with Crippen LogP contribution >= 0.6 is 23.1 Å². The molecule has 0 unspecified atom stereocenters. The highest BCUT2D eigenvalue weighted by atomic mass is 32.2. The fourth-order valence-corrected chi connectivity index (χ4v) is 5.82. The summed E-state index contributed by atoms with van der Waals surface area (Å²) in [7, 11) is 0. The summed E-state index contributed by atoms with van der Waals surface area (Å²) in [4.78, 5) is 11.2. The Balaban J connectivity index is 1.54. The molecule has 9 heteroatoms. The van der Waals surface area contributed by atoms with E-state index in [0.717, 1.165) is 37.4 Å². The summed E-state index contributed by atoms with van der Waals surface area (Å²) in [6.45, 7) is 6.10. The van der Waals surface area contributed by atoms with E-state index in [1.807, 2.05) is 55.5 Å². The molecule has 1 saturated heterocycles. The molecule has 0 saturated carbocycles. The lowest BCUT2D eigenvalue weighted by Crippen LogP contribution is -2.38. The van der Waals surface area contributed by atoms with Crippen molar-refractivity contribution in [3.05, 3.63) is 75.8 Å². The number of carbonyl (C=O) groups excluding carboxylic acids is 1. The van der Waals surface area contributed by atoms with Crippen molar-refractivity contribution in [2.75, 3.05) is 5.75 Å². The minimum atomic E-state index is -0.518. The zero-order valence-electron chi connectivity index (χ0n) is 19.4. The summed E-state index contributed by atoms with van der Waals surface area (Å²) < 4.78 is 13.9. The second-order valence-electron chi connectivity index (χ2n) is 8.37. The summed E-state index contributed by atoms with van der Waals surface area (Å²) in [6.07, 6.45) is -0.739. The van der Waals surface area contributed by atoms with Gasteiger partial charge in [0.1, 0.15) is 5.01 Å². The van der Waals surface area contributed by atoms with Crippen LogP contribution in [0.25, 0.3) is 0 Å². The summed E-state index contributed by atoms with van der Waals surface area (Å²) in [5, 5.41) is 21.5. The van der Waals surface area contributed by atoms with E-state index in [1.54, 1.807) is 23.1 Å². The Hall–Kier alpha value is -2.30. The Kier molecular flexibility index (Phi) is 8.33. The molecule has 2 N–H and O–H groups in total. The number of aliphatic hydroxyl groups excluding tert-OH is 1. The lowest BCUT2D eigenvalue weighted by Gasteiger charge is -2.41. The molecule has 1 fully saturated rings. The van der Waals surface area contributed by atoms with Crippen LogP contribution in [0.15, 0.2) is 52.9 Å². The van der Waals surface area contributed by atoms with E-state index in [9.17, 15) is 9.90 Å². The zero-order chi connectivity index (χ0) is 24.1. The average Bonchev–Trinajstić information content (AvgIpc) is 3.27. The molecule has 0 spiro atoms. The third-order valence-electron chi connectivity index (χ3n) is 5.80. The molecule has 2 heterocycles. The van der Waals surface area contributed by atoms with Gasteiger partial charge in [0.05, 0.1) is 18.8 Å². The van der Waals surface area contributed by atoms with Crippen molar-refractivity contribution >= 4 is 29.0 Å². The first-order valence-corrected chi connectivity index (χ1v) is 13.0. The number of aromatic nitrogens is 2. The number of aliphatic hydroxyl groups is 1. The number of ether oxygens (including phenoxy) is 2. The predicted molar refractivity (Wildman–Crippen MR) is 132 cm³/mol. The molecule has 0 bridgehead atoms. The third-order valence-corrected chi connectivity index (χ3v) is 7.86. The SMILES string of the molecule is CC(=O)NCc1ccc([C@@H]2O[C@H](CSc3nnc(C)s3)[C@H](C)[C@H](c3ccc(CO)cc3)O2)cc1. The zero-order valence-corrected chi connectivity index (χ0v) is 21.1. The third kappa shape index (κ3) is 6.22. The van der Waals surface area contributed by atoms with Gasteiger partial charge in [-0.2, -0.15) is 0 Å². The van der Waals surface area contributed by atoms with Gasteiger partial charge in [0.2, 0.25) is 5.91 Å². The van der Waals surface area contributed by atoms with Crippen LogP contribution < -0.4 is 5.32 Å². The number of rotatable bonds is 8. The number of amides is 1. The lowest BCUT2D eigenvalue weighted by molar-refractivity contribution is -0.268. The molecule has 180 valence electrons. The molecule has 1 aromatic heterocycles. The van der Waals surface area contributed by atoms with Crippen molar-refractivity contribution in [1.29, 1.82) is 0 Å². The largest absolute Gasteiger partial charge is 0.392 e. The molecule has 1 aliphatic rings. The van der Waals surface area contributed by atoms with E-state index in [0.29, 0.717) is 6.54 Å². The van der Waals surface area contributed by atoms with Crippen molar-refractivity contribution in [2.45, 2.75) is 56.8 Å². The smallest absolute Gasteiger partial charge is 0.217 e. The van der Waals surface area contributed by atoms with Crippen LogP contribution in [-0.4, -0.2) is 33.1 Å². The van der Waals surface area contributed by atoms with Crippen LogP contribution in [-0.2, 0) is 27.4 Å².